The summed E-state index contributed by atoms with van der Waals surface area (Å²) in [7, 11) is -2.72. The number of aryl methyl sites for hydroxylation is 2. The molecule has 1 aliphatic heterocycles. The average Bonchev–Trinajstić information content (AvgIpc) is 3.54. The number of thiophene rings is 1. The summed E-state index contributed by atoms with van der Waals surface area (Å²) in [5.74, 6) is 0.884. The monoisotopic (exact) mass is 548 g/mol. The van der Waals surface area contributed by atoms with Crippen LogP contribution in [0.5, 0.6) is 0 Å². The van der Waals surface area contributed by atoms with Gasteiger partial charge in [0.05, 0.1) is 28.8 Å². The third-order valence-corrected chi connectivity index (χ3v) is 8.58. The molecular formula is C23H28N6O6S2. The Kier molecular flexibility index (Phi) is 7.13. The average molecular weight is 549 g/mol. The first-order valence-electron chi connectivity index (χ1n) is 11.8. The van der Waals surface area contributed by atoms with Crippen molar-refractivity contribution in [2.75, 3.05) is 19.0 Å². The zero-order chi connectivity index (χ0) is 26.3. The van der Waals surface area contributed by atoms with Gasteiger partial charge in [0.1, 0.15) is 30.2 Å². The van der Waals surface area contributed by atoms with Crippen LogP contribution in [0.4, 0.5) is 5.82 Å². The molecular weight excluding hydrogens is 520 g/mol. The molecule has 0 bridgehead atoms. The molecule has 198 valence electrons. The summed E-state index contributed by atoms with van der Waals surface area (Å²) in [5, 5.41) is 13.5. The predicted molar refractivity (Wildman–Crippen MR) is 135 cm³/mol. The summed E-state index contributed by atoms with van der Waals surface area (Å²) >= 11 is 1.37. The van der Waals surface area contributed by atoms with Crippen LogP contribution in [0.25, 0.3) is 0 Å². The first-order chi connectivity index (χ1) is 17.6. The lowest BCUT2D eigenvalue weighted by Crippen LogP contribution is -2.31. The largest absolute Gasteiger partial charge is 0.390 e. The Morgan fingerprint density at radius 1 is 1.32 bits per heavy atom. The second-order valence-electron chi connectivity index (χ2n) is 9.09. The molecule has 4 heterocycles. The fourth-order valence-corrected chi connectivity index (χ4v) is 6.37. The summed E-state index contributed by atoms with van der Waals surface area (Å²) < 4.78 is 38.7. The first-order valence-corrected chi connectivity index (χ1v) is 14.0. The van der Waals surface area contributed by atoms with Gasteiger partial charge in [0.2, 0.25) is 5.78 Å². The Labute approximate surface area is 218 Å². The highest BCUT2D eigenvalue weighted by Gasteiger charge is 2.37. The number of carbonyl (C=O) groups is 1. The number of aromatic nitrogens is 4. The predicted octanol–water partition coefficient (Wildman–Crippen LogP) is 1.49. The van der Waals surface area contributed by atoms with Gasteiger partial charge in [-0.1, -0.05) is 0 Å². The van der Waals surface area contributed by atoms with E-state index < -0.39 is 22.5 Å². The number of hydrogen-bond donors (Lipinski definition) is 3. The van der Waals surface area contributed by atoms with Gasteiger partial charge in [-0.3, -0.25) is 8.98 Å². The van der Waals surface area contributed by atoms with Crippen molar-refractivity contribution >= 4 is 33.2 Å². The third-order valence-electron chi connectivity index (χ3n) is 6.51. The highest BCUT2D eigenvalue weighted by Crippen LogP contribution is 2.36. The lowest BCUT2D eigenvalue weighted by molar-refractivity contribution is 0.0429. The molecule has 0 spiro atoms. The molecule has 3 N–H and O–H groups in total. The molecule has 12 nitrogen and oxygen atoms in total. The van der Waals surface area contributed by atoms with E-state index in [9.17, 15) is 18.3 Å². The number of aliphatic hydroxyl groups is 1. The quantitative estimate of drug-likeness (QED) is 0.352. The van der Waals surface area contributed by atoms with E-state index in [4.69, 9.17) is 8.92 Å². The molecule has 0 saturated heterocycles. The van der Waals surface area contributed by atoms with Gasteiger partial charge in [-0.2, -0.15) is 13.1 Å². The van der Waals surface area contributed by atoms with Gasteiger partial charge in [0, 0.05) is 42.5 Å². The van der Waals surface area contributed by atoms with Gasteiger partial charge < -0.3 is 19.7 Å². The van der Waals surface area contributed by atoms with E-state index in [0.29, 0.717) is 17.3 Å². The maximum Gasteiger partial charge on any atom is 0.335 e. The zero-order valence-electron chi connectivity index (χ0n) is 20.5. The van der Waals surface area contributed by atoms with Gasteiger partial charge in [-0.15, -0.1) is 11.3 Å². The van der Waals surface area contributed by atoms with Crippen LogP contribution in [-0.2, 0) is 25.8 Å². The number of rotatable bonds is 8. The number of hydrogen-bond acceptors (Lipinski definition) is 11. The van der Waals surface area contributed by atoms with Crippen molar-refractivity contribution in [2.24, 2.45) is 0 Å². The van der Waals surface area contributed by atoms with E-state index in [1.165, 1.54) is 30.9 Å². The second-order valence-corrected chi connectivity index (χ2v) is 11.9. The van der Waals surface area contributed by atoms with Crippen LogP contribution in [0, 0.1) is 13.8 Å². The van der Waals surface area contributed by atoms with Crippen molar-refractivity contribution in [3.8, 4) is 0 Å². The van der Waals surface area contributed by atoms with E-state index >= 15 is 0 Å². The second kappa shape index (κ2) is 10.2. The summed E-state index contributed by atoms with van der Waals surface area (Å²) in [6, 6.07) is 1.49. The molecule has 37 heavy (non-hydrogen) atoms. The highest BCUT2D eigenvalue weighted by atomic mass is 32.2. The molecule has 1 fully saturated rings. The van der Waals surface area contributed by atoms with Crippen LogP contribution in [0.15, 0.2) is 24.8 Å². The van der Waals surface area contributed by atoms with Gasteiger partial charge in [-0.25, -0.2) is 15.0 Å². The van der Waals surface area contributed by atoms with Crippen molar-refractivity contribution in [1.29, 1.82) is 0 Å². The fourth-order valence-electron chi connectivity index (χ4n) is 4.74. The number of anilines is 1. The van der Waals surface area contributed by atoms with Crippen molar-refractivity contribution in [1.82, 2.24) is 24.2 Å². The topological polar surface area (TPSA) is 158 Å². The van der Waals surface area contributed by atoms with E-state index in [2.05, 4.69) is 29.6 Å². The zero-order valence-corrected chi connectivity index (χ0v) is 22.2. The first kappa shape index (κ1) is 25.9. The Balaban J connectivity index is 1.36. The Morgan fingerprint density at radius 3 is 2.92 bits per heavy atom. The molecule has 14 heteroatoms. The molecule has 0 amide bonds. The van der Waals surface area contributed by atoms with Gasteiger partial charge in [-0.05, 0) is 32.8 Å². The number of carbonyl (C=O) groups excluding carboxylic acids is 1. The molecule has 3 aromatic heterocycles. The molecule has 2 aliphatic rings. The standard InChI is InChI=1S/C23H28N6O6S2/c1-12-10-29-4-5-34-21(23(29)27-12)15-8-19(36-13(15)2)20(31)16-9-25-11-26-22(16)28-14-6-17(30)18(7-14)35-37(32,33)24-3/h8-11,14,17-18,21,24,30H,4-7H2,1-3H3,(H,25,26,28)/t14-,17+,18-,21-/m1/s1. The fraction of sp³-hybridized carbons (Fsp3) is 0.478. The van der Waals surface area contributed by atoms with E-state index in [0.717, 1.165) is 28.5 Å². The number of imidazole rings is 1. The summed E-state index contributed by atoms with van der Waals surface area (Å²) in [4.78, 5) is 28.0. The number of fused-ring (bicyclic) bond motifs is 1. The van der Waals surface area contributed by atoms with Crippen molar-refractivity contribution in [3.63, 3.8) is 0 Å². The molecule has 5 rings (SSSR count). The molecule has 4 atom stereocenters. The Morgan fingerprint density at radius 2 is 2.14 bits per heavy atom. The van der Waals surface area contributed by atoms with Crippen LogP contribution in [0.1, 0.15) is 56.1 Å². The van der Waals surface area contributed by atoms with Crippen molar-refractivity contribution in [2.45, 2.75) is 57.6 Å². The SMILES string of the molecule is CNS(=O)(=O)O[C@@H]1C[C@H](Nc2ncncc2C(=O)c2cc([C@H]3OCCn4cc(C)nc43)c(C)s2)C[C@@H]1O. The third kappa shape index (κ3) is 5.30. The summed E-state index contributed by atoms with van der Waals surface area (Å²) in [5.41, 5.74) is 2.09. The summed E-state index contributed by atoms with van der Waals surface area (Å²) in [6.45, 7) is 5.19. The summed E-state index contributed by atoms with van der Waals surface area (Å²) in [6.07, 6.45) is 2.97. The molecule has 1 saturated carbocycles. The highest BCUT2D eigenvalue weighted by molar-refractivity contribution is 7.84. The maximum absolute atomic E-state index is 13.6. The van der Waals surface area contributed by atoms with Gasteiger partial charge in [0.25, 0.3) is 0 Å². The van der Waals surface area contributed by atoms with Crippen LogP contribution < -0.4 is 10.0 Å². The molecule has 0 aromatic carbocycles. The van der Waals surface area contributed by atoms with Crippen LogP contribution >= 0.6 is 11.3 Å². The van der Waals surface area contributed by atoms with Crippen LogP contribution in [-0.4, -0.2) is 70.7 Å². The lowest BCUT2D eigenvalue weighted by atomic mass is 10.1. The Hall–Kier alpha value is -2.75. The molecule has 3 aromatic rings. The van der Waals surface area contributed by atoms with Gasteiger partial charge >= 0.3 is 10.3 Å². The number of ketones is 1. The van der Waals surface area contributed by atoms with E-state index in [-0.39, 0.29) is 36.3 Å². The van der Waals surface area contributed by atoms with Gasteiger partial charge in [0.15, 0.2) is 0 Å². The number of nitrogens with one attached hydrogen (secondary N) is 2. The number of nitrogens with zero attached hydrogens (tertiary/aromatic N) is 4. The number of ether oxygens (including phenoxy) is 1. The lowest BCUT2D eigenvalue weighted by Gasteiger charge is -2.24. The molecule has 0 unspecified atom stereocenters. The smallest absolute Gasteiger partial charge is 0.335 e. The van der Waals surface area contributed by atoms with E-state index in [1.807, 2.05) is 26.1 Å². The normalized spacial score (nSPS) is 23.7. The van der Waals surface area contributed by atoms with E-state index in [1.54, 1.807) is 0 Å². The Bertz CT molecular complexity index is 1420. The maximum atomic E-state index is 13.6. The van der Waals surface area contributed by atoms with Crippen molar-refractivity contribution in [3.05, 3.63) is 57.2 Å². The minimum atomic E-state index is -3.95. The van der Waals surface area contributed by atoms with Crippen molar-refractivity contribution < 1.29 is 27.2 Å². The minimum absolute atomic E-state index is 0.215. The number of aliphatic hydroxyl groups excluding tert-OH is 1. The van der Waals surface area contributed by atoms with Crippen LogP contribution in [0.2, 0.25) is 0 Å². The molecule has 1 aliphatic carbocycles. The minimum Gasteiger partial charge on any atom is -0.390 e. The van der Waals surface area contributed by atoms with Crippen LogP contribution in [0.3, 0.4) is 0 Å². The molecule has 0 radical (unpaired) electrons.